The van der Waals surface area contributed by atoms with Crippen molar-refractivity contribution in [2.45, 2.75) is 262 Å². The highest BCUT2D eigenvalue weighted by molar-refractivity contribution is 7.47. The molecule has 0 aromatic heterocycles. The molecule has 14 heteroatoms. The highest BCUT2D eigenvalue weighted by Crippen LogP contribution is 2.47. The summed E-state index contributed by atoms with van der Waals surface area (Å²) in [4.78, 5) is 35.7. The van der Waals surface area contributed by atoms with Gasteiger partial charge in [-0.2, -0.15) is 0 Å². The fourth-order valence-corrected chi connectivity index (χ4v) is 8.61. The lowest BCUT2D eigenvalue weighted by Crippen LogP contribution is -2.64. The first-order chi connectivity index (χ1) is 29.4. The van der Waals surface area contributed by atoms with Gasteiger partial charge < -0.3 is 39.9 Å². The first kappa shape index (κ1) is 57.6. The number of ether oxygens (including phenoxy) is 2. The Balaban J connectivity index is 2.42. The van der Waals surface area contributed by atoms with Gasteiger partial charge in [0.2, 0.25) is 0 Å². The van der Waals surface area contributed by atoms with Crippen molar-refractivity contribution in [3.05, 3.63) is 12.2 Å². The minimum absolute atomic E-state index is 0.0961. The number of phosphoric ester groups is 1. The number of phosphoric acid groups is 1. The largest absolute Gasteiger partial charge is 0.472 e. The fourth-order valence-electron chi connectivity index (χ4n) is 7.64. The second-order valence-electron chi connectivity index (χ2n) is 17.3. The Labute approximate surface area is 369 Å². The Kier molecular flexibility index (Phi) is 35.8. The molecule has 0 amide bonds. The normalized spacial score (nSPS) is 22.0. The Morgan fingerprint density at radius 3 is 1.25 bits per heavy atom. The van der Waals surface area contributed by atoms with Crippen molar-refractivity contribution >= 4 is 19.8 Å². The second kappa shape index (κ2) is 37.9. The number of hydrogen-bond acceptors (Lipinski definition) is 12. The van der Waals surface area contributed by atoms with E-state index in [0.29, 0.717) is 12.8 Å². The van der Waals surface area contributed by atoms with E-state index in [-0.39, 0.29) is 12.8 Å². The van der Waals surface area contributed by atoms with Gasteiger partial charge in [-0.05, 0) is 38.5 Å². The van der Waals surface area contributed by atoms with E-state index in [1.54, 1.807) is 0 Å². The Bertz CT molecular complexity index is 1120. The molecule has 0 radical (unpaired) electrons. The lowest BCUT2D eigenvalue weighted by atomic mass is 9.85. The van der Waals surface area contributed by atoms with Crippen molar-refractivity contribution in [3.63, 3.8) is 0 Å². The molecular formula is C47H89O13P. The van der Waals surface area contributed by atoms with E-state index in [1.165, 1.54) is 128 Å². The van der Waals surface area contributed by atoms with Crippen LogP contribution in [0.15, 0.2) is 12.2 Å². The summed E-state index contributed by atoms with van der Waals surface area (Å²) in [5.74, 6) is -1.09. The van der Waals surface area contributed by atoms with Crippen LogP contribution in [0.4, 0.5) is 0 Å². The number of carbonyl (C=O) groups is 2. The van der Waals surface area contributed by atoms with Gasteiger partial charge in [-0.15, -0.1) is 0 Å². The Hall–Kier alpha value is -1.41. The summed E-state index contributed by atoms with van der Waals surface area (Å²) < 4.78 is 33.6. The van der Waals surface area contributed by atoms with Gasteiger partial charge in [-0.1, -0.05) is 180 Å². The molecule has 1 fully saturated rings. The minimum Gasteiger partial charge on any atom is -0.462 e. The number of aliphatic hydroxyl groups excluding tert-OH is 5. The van der Waals surface area contributed by atoms with E-state index >= 15 is 0 Å². The zero-order valence-corrected chi connectivity index (χ0v) is 39.1. The molecular weight excluding hydrogens is 803 g/mol. The van der Waals surface area contributed by atoms with Crippen LogP contribution < -0.4 is 0 Å². The zero-order valence-electron chi connectivity index (χ0n) is 38.2. The van der Waals surface area contributed by atoms with Crippen LogP contribution in [-0.4, -0.2) is 98.3 Å². The first-order valence-corrected chi connectivity index (χ1v) is 26.0. The molecule has 6 unspecified atom stereocenters. The molecule has 360 valence electrons. The Morgan fingerprint density at radius 1 is 0.492 bits per heavy atom. The summed E-state index contributed by atoms with van der Waals surface area (Å²) in [5, 5.41) is 50.2. The third-order valence-corrected chi connectivity index (χ3v) is 12.6. The van der Waals surface area contributed by atoms with Crippen LogP contribution in [0.1, 0.15) is 219 Å². The van der Waals surface area contributed by atoms with E-state index in [1.807, 2.05) is 0 Å². The number of allylic oxidation sites excluding steroid dienone is 2. The number of unbranched alkanes of at least 4 members (excludes halogenated alkanes) is 27. The molecule has 1 aliphatic rings. The quantitative estimate of drug-likeness (QED) is 0.0146. The predicted molar refractivity (Wildman–Crippen MR) is 240 cm³/mol. The molecule has 1 saturated carbocycles. The highest BCUT2D eigenvalue weighted by Gasteiger charge is 2.51. The molecule has 6 N–H and O–H groups in total. The van der Waals surface area contributed by atoms with E-state index in [2.05, 4.69) is 26.0 Å². The van der Waals surface area contributed by atoms with Crippen molar-refractivity contribution in [1.82, 2.24) is 0 Å². The van der Waals surface area contributed by atoms with Gasteiger partial charge in [0.05, 0.1) is 6.61 Å². The third-order valence-electron chi connectivity index (χ3n) is 11.6. The van der Waals surface area contributed by atoms with E-state index in [0.717, 1.165) is 51.4 Å². The molecule has 0 spiro atoms. The molecule has 0 bridgehead atoms. The summed E-state index contributed by atoms with van der Waals surface area (Å²) in [6.07, 6.45) is 26.9. The summed E-state index contributed by atoms with van der Waals surface area (Å²) in [5.41, 5.74) is 0. The van der Waals surface area contributed by atoms with Crippen LogP contribution in [0.2, 0.25) is 0 Å². The number of rotatable bonds is 41. The average molecular weight is 893 g/mol. The maximum atomic E-state index is 12.8. The van der Waals surface area contributed by atoms with Crippen LogP contribution in [-0.2, 0) is 32.7 Å². The molecule has 1 rings (SSSR count). The van der Waals surface area contributed by atoms with Crippen molar-refractivity contribution in [3.8, 4) is 0 Å². The highest BCUT2D eigenvalue weighted by atomic mass is 31.2. The van der Waals surface area contributed by atoms with Crippen LogP contribution in [0.5, 0.6) is 0 Å². The molecule has 0 aromatic carbocycles. The summed E-state index contributed by atoms with van der Waals surface area (Å²) in [6, 6.07) is 0. The summed E-state index contributed by atoms with van der Waals surface area (Å²) in [7, 11) is -5.11. The molecule has 1 aliphatic carbocycles. The van der Waals surface area contributed by atoms with Crippen LogP contribution in [0.25, 0.3) is 0 Å². The number of aliphatic hydroxyl groups is 5. The Morgan fingerprint density at radius 2 is 0.836 bits per heavy atom. The van der Waals surface area contributed by atoms with Crippen LogP contribution in [0, 0.1) is 0 Å². The minimum atomic E-state index is -5.11. The zero-order chi connectivity index (χ0) is 45.0. The van der Waals surface area contributed by atoms with Gasteiger partial charge in [0, 0.05) is 12.8 Å². The molecule has 61 heavy (non-hydrogen) atoms. The van der Waals surface area contributed by atoms with Gasteiger partial charge in [-0.3, -0.25) is 18.6 Å². The lowest BCUT2D eigenvalue weighted by Gasteiger charge is -2.41. The van der Waals surface area contributed by atoms with Crippen LogP contribution in [0.3, 0.4) is 0 Å². The SMILES string of the molecule is CCCCCCCCC/C=C\CCCCCCCCCC(=O)OC(COC(=O)CCCCCCCCCCCCCCCC)COP(=O)(O)OC1C(O)C(O)C(O)C(O)C1O. The van der Waals surface area contributed by atoms with Crippen molar-refractivity contribution in [2.75, 3.05) is 13.2 Å². The van der Waals surface area contributed by atoms with Crippen molar-refractivity contribution in [2.24, 2.45) is 0 Å². The third kappa shape index (κ3) is 30.4. The molecule has 6 atom stereocenters. The molecule has 0 aromatic rings. The van der Waals surface area contributed by atoms with E-state index in [9.17, 15) is 44.6 Å². The van der Waals surface area contributed by atoms with Gasteiger partial charge in [0.15, 0.2) is 6.10 Å². The monoisotopic (exact) mass is 893 g/mol. The fraction of sp³-hybridized carbons (Fsp3) is 0.915. The maximum absolute atomic E-state index is 12.8. The van der Waals surface area contributed by atoms with Gasteiger partial charge in [0.25, 0.3) is 0 Å². The number of esters is 2. The standard InChI is InChI=1S/C47H89O13P/c1-3-5-7-9-11-13-15-17-19-20-21-22-24-26-28-30-32-34-36-41(49)59-39(38-58-61(55,56)60-47-45(53)43(51)42(50)44(52)46(47)54)37-57-40(48)35-33-31-29-27-25-23-18-16-14-12-10-8-6-4-2/h19-20,39,42-47,50-54H,3-18,21-38H2,1-2H3,(H,55,56)/b20-19-. The first-order valence-electron chi connectivity index (χ1n) is 24.5. The summed E-state index contributed by atoms with van der Waals surface area (Å²) >= 11 is 0. The van der Waals surface area contributed by atoms with E-state index in [4.69, 9.17) is 18.5 Å². The second-order valence-corrected chi connectivity index (χ2v) is 18.7. The summed E-state index contributed by atoms with van der Waals surface area (Å²) in [6.45, 7) is 3.32. The molecule has 0 saturated heterocycles. The molecule has 0 aliphatic heterocycles. The lowest BCUT2D eigenvalue weighted by molar-refractivity contribution is -0.220. The van der Waals surface area contributed by atoms with Gasteiger partial charge in [-0.25, -0.2) is 4.57 Å². The molecule has 0 heterocycles. The van der Waals surface area contributed by atoms with E-state index < -0.39 is 75.7 Å². The van der Waals surface area contributed by atoms with Crippen molar-refractivity contribution < 1.29 is 63.1 Å². The number of carbonyl (C=O) groups excluding carboxylic acids is 2. The van der Waals surface area contributed by atoms with Crippen LogP contribution >= 0.6 is 7.82 Å². The van der Waals surface area contributed by atoms with Gasteiger partial charge in [0.1, 0.15) is 43.2 Å². The predicted octanol–water partition coefficient (Wildman–Crippen LogP) is 9.84. The molecule has 13 nitrogen and oxygen atoms in total. The maximum Gasteiger partial charge on any atom is 0.472 e. The topological polar surface area (TPSA) is 210 Å². The number of hydrogen-bond donors (Lipinski definition) is 6. The average Bonchev–Trinajstić information content (AvgIpc) is 3.24. The van der Waals surface area contributed by atoms with Gasteiger partial charge >= 0.3 is 19.8 Å². The van der Waals surface area contributed by atoms with Crippen molar-refractivity contribution in [1.29, 1.82) is 0 Å². The smallest absolute Gasteiger partial charge is 0.462 e.